The summed E-state index contributed by atoms with van der Waals surface area (Å²) in [6, 6.07) is 32.0. The Morgan fingerprint density at radius 3 is 1.78 bits per heavy atom. The quantitative estimate of drug-likeness (QED) is 0.00684. The summed E-state index contributed by atoms with van der Waals surface area (Å²) in [5.41, 5.74) is 9.74. The molecule has 0 saturated heterocycles. The molecule has 6 aromatic carbocycles. The number of anilines is 1. The molecule has 2 aliphatic rings. The van der Waals surface area contributed by atoms with Gasteiger partial charge in [0.05, 0.1) is 21.9 Å². The number of nitrogens with one attached hydrogen (secondary N) is 2. The van der Waals surface area contributed by atoms with Gasteiger partial charge in [0.2, 0.25) is 11.8 Å². The Balaban J connectivity index is 1.41. The van der Waals surface area contributed by atoms with Crippen LogP contribution in [0.5, 0.6) is 0 Å². The molecule has 0 saturated carbocycles. The SMILES string of the molecule is C=C(C)C(=O)CCCCCC(=O)C(CC)N(Cc1ccccc1B(O)O)Cc1c2ccccc2c(CN(Cc2ccccc2B(O)O)C(CS(=O)(=O)[O-])C(=O)NCCCNC(=O)C(=C)C)c2cc(C3=C4C=CC(=[N+](C)C)C=C4[Si](C)(C)c4cc(N(C)C)ccc43)ccc12. The molecule has 21 heteroatoms. The van der Waals surface area contributed by atoms with Crippen LogP contribution < -0.4 is 31.6 Å². The number of hydrogen-bond acceptors (Lipinski definition) is 14. The van der Waals surface area contributed by atoms with E-state index in [0.717, 1.165) is 50.0 Å². The van der Waals surface area contributed by atoms with E-state index in [1.807, 2.05) is 71.5 Å². The van der Waals surface area contributed by atoms with Crippen molar-refractivity contribution in [1.29, 1.82) is 0 Å². The minimum Gasteiger partial charge on any atom is -0.748 e. The number of nitrogens with zero attached hydrogens (tertiary/aromatic N) is 4. The van der Waals surface area contributed by atoms with Crippen LogP contribution in [-0.2, 0) is 55.5 Å². The lowest BCUT2D eigenvalue weighted by Gasteiger charge is -2.38. The van der Waals surface area contributed by atoms with E-state index in [2.05, 4.69) is 106 Å². The van der Waals surface area contributed by atoms with Gasteiger partial charge in [-0.15, -0.1) is 0 Å². The fraction of sp³-hybridized carbons (Fsp3) is 0.347. The highest BCUT2D eigenvalue weighted by atomic mass is 32.2. The van der Waals surface area contributed by atoms with Gasteiger partial charge >= 0.3 is 14.2 Å². The normalized spacial score (nSPS) is 14.2. The Morgan fingerprint density at radius 2 is 1.23 bits per heavy atom. The molecule has 2 atom stereocenters. The predicted octanol–water partition coefficient (Wildman–Crippen LogP) is 6.46. The van der Waals surface area contributed by atoms with Crippen LogP contribution in [0.25, 0.3) is 27.1 Å². The maximum Gasteiger partial charge on any atom is 0.488 e. The molecule has 0 spiro atoms. The van der Waals surface area contributed by atoms with Gasteiger partial charge in [0, 0.05) is 89.6 Å². The molecule has 0 radical (unpaired) electrons. The Bertz CT molecular complexity index is 4120. The van der Waals surface area contributed by atoms with E-state index >= 15 is 0 Å². The van der Waals surface area contributed by atoms with Crippen molar-refractivity contribution >= 4 is 110 Å². The predicted molar refractivity (Wildman–Crippen MR) is 377 cm³/mol. The van der Waals surface area contributed by atoms with E-state index in [4.69, 9.17) is 0 Å². The topological polar surface area (TPSA) is 243 Å². The molecular formula is C72H88B2N6O11SSi. The van der Waals surface area contributed by atoms with Gasteiger partial charge in [0.1, 0.15) is 34.0 Å². The number of ketones is 2. The summed E-state index contributed by atoms with van der Waals surface area (Å²) in [5.74, 6) is -2.31. The Kier molecular flexibility index (Phi) is 23.7. The van der Waals surface area contributed by atoms with Gasteiger partial charge in [0.15, 0.2) is 11.5 Å². The van der Waals surface area contributed by atoms with Crippen LogP contribution in [-0.4, -0.2) is 158 Å². The molecule has 6 aromatic rings. The number of fused-ring (bicyclic) bond motifs is 4. The number of carbonyl (C=O) groups is 4. The van der Waals surface area contributed by atoms with Gasteiger partial charge in [0.25, 0.3) is 0 Å². The van der Waals surface area contributed by atoms with E-state index in [1.165, 1.54) is 16.4 Å². The summed E-state index contributed by atoms with van der Waals surface area (Å²) >= 11 is 0. The Labute approximate surface area is 549 Å². The molecule has 8 rings (SSSR count). The molecule has 2 unspecified atom stereocenters. The molecule has 1 aliphatic heterocycles. The van der Waals surface area contributed by atoms with Crippen molar-refractivity contribution in [2.45, 2.75) is 117 Å². The summed E-state index contributed by atoms with van der Waals surface area (Å²) in [7, 11) is -3.26. The highest BCUT2D eigenvalue weighted by molar-refractivity contribution is 7.85. The Morgan fingerprint density at radius 1 is 0.667 bits per heavy atom. The molecular weight excluding hydrogens is 1210 g/mol. The van der Waals surface area contributed by atoms with E-state index in [-0.39, 0.29) is 80.5 Å². The number of hydrogen-bond donors (Lipinski definition) is 6. The summed E-state index contributed by atoms with van der Waals surface area (Å²) in [5, 5.41) is 54.2. The first-order chi connectivity index (χ1) is 44.1. The van der Waals surface area contributed by atoms with Crippen LogP contribution in [0.3, 0.4) is 0 Å². The second kappa shape index (κ2) is 31.0. The van der Waals surface area contributed by atoms with Crippen molar-refractivity contribution in [2.75, 3.05) is 51.9 Å². The lowest BCUT2D eigenvalue weighted by Crippen LogP contribution is -2.51. The van der Waals surface area contributed by atoms with Crippen molar-refractivity contribution < 1.29 is 56.8 Å². The number of carbonyl (C=O) groups excluding carboxylic acids is 4. The largest absolute Gasteiger partial charge is 0.748 e. The maximum absolute atomic E-state index is 14.9. The lowest BCUT2D eigenvalue weighted by molar-refractivity contribution is -0.462. The third-order valence-electron chi connectivity index (χ3n) is 18.0. The molecule has 0 aromatic heterocycles. The standard InChI is InChI=1S/C72H88B2N6O11SSi/c1-12-64(67(82)30-15-13-14-29-66(81)47(2)3)79(42-50-23-16-20-27-62(50)73(85)86)44-60-54-25-18-19-26-55(54)61(45-80(43-51-24-17-21-28-63(51)74(87)88)65(46-92(89,90)91)72(84)76-38-22-37-75-71(83)48(4)5)59-39-49(31-34-56(59)60)70-57-35-32-52(77(6)7)40-68(57)93(10,11)69-41-53(78(8)9)33-36-58(69)70/h16-21,23-28,31-36,39-41,64-65,85-88H,2,4,12-15,22,29-30,37-38,42-46H2,1,3,5-11H3,(H2-,75,76,83,84,89,90,91). The molecule has 1 aliphatic carbocycles. The third-order valence-corrected chi connectivity index (χ3v) is 22.3. The summed E-state index contributed by atoms with van der Waals surface area (Å²) in [6.45, 7) is 17.5. The minimum absolute atomic E-state index is 0.00232. The average Bonchev–Trinajstić information content (AvgIpc) is 0.721. The van der Waals surface area contributed by atoms with Gasteiger partial charge < -0.3 is 40.2 Å². The highest BCUT2D eigenvalue weighted by Crippen LogP contribution is 2.44. The first kappa shape index (κ1) is 71.2. The van der Waals surface area contributed by atoms with Crippen molar-refractivity contribution in [3.05, 3.63) is 196 Å². The molecule has 17 nitrogen and oxygen atoms in total. The first-order valence-electron chi connectivity index (χ1n) is 31.8. The summed E-state index contributed by atoms with van der Waals surface area (Å²) in [4.78, 5) is 60.4. The van der Waals surface area contributed by atoms with Gasteiger partial charge in [-0.3, -0.25) is 29.0 Å². The van der Waals surface area contributed by atoms with Crippen molar-refractivity contribution in [2.24, 2.45) is 0 Å². The van der Waals surface area contributed by atoms with Gasteiger partial charge in [-0.05, 0) is 157 Å². The molecule has 488 valence electrons. The lowest BCUT2D eigenvalue weighted by atomic mass is 9.76. The summed E-state index contributed by atoms with van der Waals surface area (Å²) < 4.78 is 41.9. The summed E-state index contributed by atoms with van der Waals surface area (Å²) in [6.07, 6.45) is 9.70. The first-order valence-corrected chi connectivity index (χ1v) is 36.4. The number of benzene rings is 6. The smallest absolute Gasteiger partial charge is 0.488 e. The maximum atomic E-state index is 14.9. The average molecular weight is 1300 g/mol. The van der Waals surface area contributed by atoms with E-state index in [9.17, 15) is 52.2 Å². The second-order valence-electron chi connectivity index (χ2n) is 25.5. The van der Waals surface area contributed by atoms with E-state index in [0.29, 0.717) is 70.7 Å². The monoisotopic (exact) mass is 1290 g/mol. The minimum atomic E-state index is -5.16. The number of amides is 2. The van der Waals surface area contributed by atoms with Gasteiger partial charge in [-0.1, -0.05) is 131 Å². The highest BCUT2D eigenvalue weighted by Gasteiger charge is 2.41. The third kappa shape index (κ3) is 17.0. The second-order valence-corrected chi connectivity index (χ2v) is 31.3. The molecule has 93 heavy (non-hydrogen) atoms. The molecule has 0 bridgehead atoms. The molecule has 1 heterocycles. The molecule has 2 amide bonds. The van der Waals surface area contributed by atoms with E-state index < -0.39 is 56.2 Å². The zero-order valence-corrected chi connectivity index (χ0v) is 56.9. The van der Waals surface area contributed by atoms with E-state index in [1.54, 1.807) is 49.1 Å². The Hall–Kier alpha value is -7.69. The van der Waals surface area contributed by atoms with Crippen molar-refractivity contribution in [3.8, 4) is 0 Å². The van der Waals surface area contributed by atoms with Gasteiger partial charge in [-0.25, -0.2) is 13.0 Å². The number of rotatable bonds is 31. The molecule has 0 fully saturated rings. The van der Waals surface area contributed by atoms with Crippen molar-refractivity contribution in [1.82, 2.24) is 20.4 Å². The van der Waals surface area contributed by atoms with Crippen LogP contribution in [0.15, 0.2) is 162 Å². The number of allylic oxidation sites excluding steroid dienone is 6. The van der Waals surface area contributed by atoms with Crippen LogP contribution >= 0.6 is 0 Å². The zero-order chi connectivity index (χ0) is 67.6. The van der Waals surface area contributed by atoms with Crippen molar-refractivity contribution in [3.63, 3.8) is 0 Å². The number of Topliss-reactive ketones (excluding diaryl/α,β-unsaturated/α-hetero) is 2. The van der Waals surface area contributed by atoms with Crippen LogP contribution in [0.2, 0.25) is 13.1 Å². The number of unbranched alkanes of at least 4 members (excludes halogenated alkanes) is 2. The fourth-order valence-electron chi connectivity index (χ4n) is 12.9. The van der Waals surface area contributed by atoms with Crippen LogP contribution in [0.1, 0.15) is 99.1 Å². The zero-order valence-electron chi connectivity index (χ0n) is 55.1. The fourth-order valence-corrected chi connectivity index (χ4v) is 16.8. The van der Waals surface area contributed by atoms with Crippen LogP contribution in [0.4, 0.5) is 5.69 Å². The van der Waals surface area contributed by atoms with Crippen LogP contribution in [0, 0.1) is 0 Å². The van der Waals surface area contributed by atoms with Gasteiger partial charge in [-0.2, -0.15) is 0 Å². The molecule has 6 N–H and O–H groups in total.